The molecule has 0 unspecified atom stereocenters. The van der Waals surface area contributed by atoms with Gasteiger partial charge in [0.25, 0.3) is 5.91 Å². The maximum absolute atomic E-state index is 12.6. The van der Waals surface area contributed by atoms with Crippen molar-refractivity contribution in [3.63, 3.8) is 0 Å². The Morgan fingerprint density at radius 2 is 1.96 bits per heavy atom. The quantitative estimate of drug-likeness (QED) is 0.738. The van der Waals surface area contributed by atoms with Gasteiger partial charge >= 0.3 is 0 Å². The number of para-hydroxylation sites is 2. The van der Waals surface area contributed by atoms with Crippen molar-refractivity contribution >= 4 is 40.0 Å². The van der Waals surface area contributed by atoms with E-state index >= 15 is 0 Å². The van der Waals surface area contributed by atoms with Gasteiger partial charge in [-0.3, -0.25) is 4.79 Å². The number of anilines is 2. The molecule has 5 nitrogen and oxygen atoms in total. The third kappa shape index (κ3) is 3.58. The molecule has 0 radical (unpaired) electrons. The highest BCUT2D eigenvalue weighted by molar-refractivity contribution is 7.20. The molecule has 0 atom stereocenters. The molecule has 2 aromatic heterocycles. The lowest BCUT2D eigenvalue weighted by Gasteiger charge is -2.31. The van der Waals surface area contributed by atoms with E-state index in [0.717, 1.165) is 47.4 Å². The van der Waals surface area contributed by atoms with Gasteiger partial charge in [0.15, 0.2) is 0 Å². The van der Waals surface area contributed by atoms with Crippen molar-refractivity contribution in [1.82, 2.24) is 10.3 Å². The average molecular weight is 371 g/mol. The predicted octanol–water partition coefficient (Wildman–Crippen LogP) is 3.53. The third-order valence-corrected chi connectivity index (χ3v) is 5.96. The highest BCUT2D eigenvalue weighted by atomic mass is 32.1. The second-order valence-corrected chi connectivity index (χ2v) is 7.53. The number of thiophene rings is 1. The number of hydrogen-bond acceptors (Lipinski definition) is 6. The summed E-state index contributed by atoms with van der Waals surface area (Å²) >= 11 is 3.13. The van der Waals surface area contributed by atoms with Gasteiger partial charge in [0.2, 0.25) is 0 Å². The zero-order valence-electron chi connectivity index (χ0n) is 13.6. The number of rotatable bonds is 4. The van der Waals surface area contributed by atoms with E-state index < -0.39 is 0 Å². The third-order valence-electron chi connectivity index (χ3n) is 4.08. The topological polar surface area (TPSA) is 57.3 Å². The van der Waals surface area contributed by atoms with Crippen LogP contribution in [0.1, 0.15) is 10.5 Å². The molecule has 1 fully saturated rings. The van der Waals surface area contributed by atoms with E-state index in [9.17, 15) is 4.79 Å². The molecule has 1 saturated heterocycles. The predicted molar refractivity (Wildman–Crippen MR) is 105 cm³/mol. The lowest BCUT2D eigenvalue weighted by Crippen LogP contribution is -2.43. The van der Waals surface area contributed by atoms with Gasteiger partial charge in [-0.15, -0.1) is 22.7 Å². The summed E-state index contributed by atoms with van der Waals surface area (Å²) < 4.78 is 0. The second-order valence-electron chi connectivity index (χ2n) is 5.72. The number of benzene rings is 1. The van der Waals surface area contributed by atoms with Crippen molar-refractivity contribution in [3.8, 4) is 9.88 Å². The Morgan fingerprint density at radius 1 is 1.12 bits per heavy atom. The highest BCUT2D eigenvalue weighted by Gasteiger charge is 2.17. The molecule has 1 amide bonds. The zero-order chi connectivity index (χ0) is 17.1. The fraction of sp³-hybridized carbons (Fsp3) is 0.222. The smallest absolute Gasteiger partial charge is 0.275 e. The Labute approximate surface area is 154 Å². The highest BCUT2D eigenvalue weighted by Crippen LogP contribution is 2.29. The number of thiazole rings is 1. The van der Waals surface area contributed by atoms with Crippen LogP contribution in [-0.2, 0) is 0 Å². The average Bonchev–Trinajstić information content (AvgIpc) is 3.34. The summed E-state index contributed by atoms with van der Waals surface area (Å²) in [6, 6.07) is 12.0. The van der Waals surface area contributed by atoms with Crippen molar-refractivity contribution < 1.29 is 4.79 Å². The van der Waals surface area contributed by atoms with Crippen molar-refractivity contribution in [3.05, 3.63) is 52.9 Å². The van der Waals surface area contributed by atoms with Crippen LogP contribution in [0.15, 0.2) is 47.2 Å². The number of carbonyl (C=O) groups excluding carboxylic acids is 1. The summed E-state index contributed by atoms with van der Waals surface area (Å²) in [6.07, 6.45) is 0. The fourth-order valence-corrected chi connectivity index (χ4v) is 4.45. The minimum atomic E-state index is -0.165. The Balaban J connectivity index is 1.53. The van der Waals surface area contributed by atoms with E-state index in [4.69, 9.17) is 0 Å². The molecule has 0 bridgehead atoms. The minimum Gasteiger partial charge on any atom is -0.367 e. The first-order valence-corrected chi connectivity index (χ1v) is 9.92. The molecule has 1 aliphatic heterocycles. The molecule has 7 heteroatoms. The van der Waals surface area contributed by atoms with Crippen LogP contribution in [-0.4, -0.2) is 37.1 Å². The molecule has 3 aromatic rings. The van der Waals surface area contributed by atoms with Crippen molar-refractivity contribution in [2.24, 2.45) is 0 Å². The molecule has 2 N–H and O–H groups in total. The summed E-state index contributed by atoms with van der Waals surface area (Å²) in [5.41, 5.74) is 2.36. The van der Waals surface area contributed by atoms with Crippen LogP contribution >= 0.6 is 22.7 Å². The van der Waals surface area contributed by atoms with Crippen molar-refractivity contribution in [1.29, 1.82) is 0 Å². The van der Waals surface area contributed by atoms with Gasteiger partial charge in [0.05, 0.1) is 16.3 Å². The Hall–Kier alpha value is -2.22. The molecular formula is C18H18N4OS2. The number of nitrogens with zero attached hydrogens (tertiary/aromatic N) is 2. The minimum absolute atomic E-state index is 0.165. The summed E-state index contributed by atoms with van der Waals surface area (Å²) in [5, 5.41) is 11.1. The molecule has 4 rings (SSSR count). The van der Waals surface area contributed by atoms with Crippen LogP contribution < -0.4 is 15.5 Å². The number of amides is 1. The van der Waals surface area contributed by atoms with Gasteiger partial charge in [-0.05, 0) is 23.6 Å². The van der Waals surface area contributed by atoms with Crippen LogP contribution in [0.2, 0.25) is 0 Å². The molecule has 0 saturated carbocycles. The molecule has 1 aromatic carbocycles. The van der Waals surface area contributed by atoms with E-state index in [2.05, 4.69) is 26.6 Å². The molecular weight excluding hydrogens is 352 g/mol. The number of aromatic nitrogens is 1. The number of carbonyl (C=O) groups is 1. The van der Waals surface area contributed by atoms with Crippen LogP contribution in [0.5, 0.6) is 0 Å². The Kier molecular flexibility index (Phi) is 4.78. The van der Waals surface area contributed by atoms with Gasteiger partial charge in [-0.25, -0.2) is 4.98 Å². The SMILES string of the molecule is O=C(Nc1ccccc1N1CCNCC1)c1csc(-c2cccs2)n1. The molecule has 0 spiro atoms. The van der Waals surface area contributed by atoms with Crippen LogP contribution in [0.3, 0.4) is 0 Å². The number of nitrogens with one attached hydrogen (secondary N) is 2. The summed E-state index contributed by atoms with van der Waals surface area (Å²) in [7, 11) is 0. The molecule has 25 heavy (non-hydrogen) atoms. The lowest BCUT2D eigenvalue weighted by molar-refractivity contribution is 0.102. The van der Waals surface area contributed by atoms with E-state index in [1.807, 2.05) is 41.1 Å². The second kappa shape index (κ2) is 7.35. The normalized spacial score (nSPS) is 14.5. The number of hydrogen-bond donors (Lipinski definition) is 2. The van der Waals surface area contributed by atoms with Crippen LogP contribution in [0.25, 0.3) is 9.88 Å². The largest absolute Gasteiger partial charge is 0.367 e. The van der Waals surface area contributed by atoms with Gasteiger partial charge in [0.1, 0.15) is 10.7 Å². The monoisotopic (exact) mass is 370 g/mol. The summed E-state index contributed by atoms with van der Waals surface area (Å²) in [4.78, 5) is 20.5. The van der Waals surface area contributed by atoms with Crippen molar-refractivity contribution in [2.45, 2.75) is 0 Å². The van der Waals surface area contributed by atoms with E-state index in [1.54, 1.807) is 11.3 Å². The zero-order valence-corrected chi connectivity index (χ0v) is 15.2. The van der Waals surface area contributed by atoms with Gasteiger partial charge < -0.3 is 15.5 Å². The summed E-state index contributed by atoms with van der Waals surface area (Å²) in [6.45, 7) is 3.79. The van der Waals surface area contributed by atoms with Gasteiger partial charge in [-0.1, -0.05) is 18.2 Å². The van der Waals surface area contributed by atoms with Crippen molar-refractivity contribution in [2.75, 3.05) is 36.4 Å². The van der Waals surface area contributed by atoms with E-state index in [-0.39, 0.29) is 5.91 Å². The first kappa shape index (κ1) is 16.3. The molecule has 128 valence electrons. The van der Waals surface area contributed by atoms with Crippen LogP contribution in [0.4, 0.5) is 11.4 Å². The Bertz CT molecular complexity index is 854. The van der Waals surface area contributed by atoms with Crippen LogP contribution in [0, 0.1) is 0 Å². The lowest BCUT2D eigenvalue weighted by atomic mass is 10.2. The molecule has 3 heterocycles. The number of piperazine rings is 1. The molecule has 0 aliphatic carbocycles. The summed E-state index contributed by atoms with van der Waals surface area (Å²) in [5.74, 6) is -0.165. The van der Waals surface area contributed by atoms with Gasteiger partial charge in [0, 0.05) is 31.6 Å². The van der Waals surface area contributed by atoms with Gasteiger partial charge in [-0.2, -0.15) is 0 Å². The Morgan fingerprint density at radius 3 is 2.76 bits per heavy atom. The van der Waals surface area contributed by atoms with E-state index in [1.165, 1.54) is 11.3 Å². The molecule has 1 aliphatic rings. The maximum Gasteiger partial charge on any atom is 0.275 e. The first-order chi connectivity index (χ1) is 12.3. The first-order valence-electron chi connectivity index (χ1n) is 8.17. The maximum atomic E-state index is 12.6. The van der Waals surface area contributed by atoms with E-state index in [0.29, 0.717) is 5.69 Å². The fourth-order valence-electron chi connectivity index (χ4n) is 2.84. The standard InChI is InChI=1S/C18H18N4OS2/c23-17(14-12-25-18(21-14)16-6-3-11-24-16)20-13-4-1-2-5-15(13)22-9-7-19-8-10-22/h1-6,11-12,19H,7-10H2,(H,20,23).